The van der Waals surface area contributed by atoms with Gasteiger partial charge in [0.05, 0.1) is 0 Å². The van der Waals surface area contributed by atoms with E-state index in [-0.39, 0.29) is 12.0 Å². The SMILES string of the molecule is O=C(Nc1cccc2ccccc12)[C@H]1CCCO1. The highest BCUT2D eigenvalue weighted by atomic mass is 16.5. The van der Waals surface area contributed by atoms with E-state index < -0.39 is 0 Å². The van der Waals surface area contributed by atoms with Gasteiger partial charge < -0.3 is 10.1 Å². The third-order valence-corrected chi connectivity index (χ3v) is 3.27. The molecule has 3 rings (SSSR count). The minimum absolute atomic E-state index is 0.0381. The van der Waals surface area contributed by atoms with Gasteiger partial charge in [-0.05, 0) is 24.3 Å². The van der Waals surface area contributed by atoms with Crippen LogP contribution in [0.1, 0.15) is 12.8 Å². The van der Waals surface area contributed by atoms with Crippen molar-refractivity contribution in [1.29, 1.82) is 0 Å². The fourth-order valence-electron chi connectivity index (χ4n) is 2.33. The second-order valence-corrected chi connectivity index (χ2v) is 4.52. The summed E-state index contributed by atoms with van der Waals surface area (Å²) >= 11 is 0. The van der Waals surface area contributed by atoms with E-state index in [0.717, 1.165) is 29.3 Å². The number of ether oxygens (including phenoxy) is 1. The lowest BCUT2D eigenvalue weighted by molar-refractivity contribution is -0.124. The molecular weight excluding hydrogens is 226 g/mol. The Balaban J connectivity index is 1.88. The highest BCUT2D eigenvalue weighted by molar-refractivity contribution is 6.03. The van der Waals surface area contributed by atoms with Crippen molar-refractivity contribution in [3.63, 3.8) is 0 Å². The minimum Gasteiger partial charge on any atom is -0.368 e. The van der Waals surface area contributed by atoms with Crippen LogP contribution in [0.5, 0.6) is 0 Å². The molecule has 1 aliphatic rings. The van der Waals surface area contributed by atoms with Crippen LogP contribution in [0, 0.1) is 0 Å². The van der Waals surface area contributed by atoms with E-state index >= 15 is 0 Å². The maximum absolute atomic E-state index is 12.0. The molecule has 1 aliphatic heterocycles. The topological polar surface area (TPSA) is 38.3 Å². The van der Waals surface area contributed by atoms with Gasteiger partial charge in [-0.1, -0.05) is 36.4 Å². The lowest BCUT2D eigenvalue weighted by atomic mass is 10.1. The Morgan fingerprint density at radius 3 is 2.83 bits per heavy atom. The summed E-state index contributed by atoms with van der Waals surface area (Å²) in [6.45, 7) is 0.688. The summed E-state index contributed by atoms with van der Waals surface area (Å²) in [5.74, 6) is -0.0381. The Morgan fingerprint density at radius 1 is 1.17 bits per heavy atom. The number of fused-ring (bicyclic) bond motifs is 1. The Hall–Kier alpha value is -1.87. The Kier molecular flexibility index (Phi) is 2.99. The molecule has 2 aromatic carbocycles. The number of anilines is 1. The number of carbonyl (C=O) groups is 1. The van der Waals surface area contributed by atoms with Gasteiger partial charge in [-0.25, -0.2) is 0 Å². The molecule has 18 heavy (non-hydrogen) atoms. The van der Waals surface area contributed by atoms with Gasteiger partial charge in [0.2, 0.25) is 0 Å². The van der Waals surface area contributed by atoms with Gasteiger partial charge in [-0.2, -0.15) is 0 Å². The fourth-order valence-corrected chi connectivity index (χ4v) is 2.33. The molecule has 92 valence electrons. The van der Waals surface area contributed by atoms with Crippen LogP contribution < -0.4 is 5.32 Å². The zero-order valence-corrected chi connectivity index (χ0v) is 10.1. The second-order valence-electron chi connectivity index (χ2n) is 4.52. The molecule has 2 aromatic rings. The van der Waals surface area contributed by atoms with E-state index in [1.807, 2.05) is 42.5 Å². The van der Waals surface area contributed by atoms with E-state index in [4.69, 9.17) is 4.74 Å². The van der Waals surface area contributed by atoms with Gasteiger partial charge >= 0.3 is 0 Å². The molecule has 1 heterocycles. The Bertz CT molecular complexity index is 568. The summed E-state index contributed by atoms with van der Waals surface area (Å²) in [6, 6.07) is 13.9. The maximum Gasteiger partial charge on any atom is 0.253 e. The van der Waals surface area contributed by atoms with E-state index in [9.17, 15) is 4.79 Å². The average Bonchev–Trinajstić information content (AvgIpc) is 2.93. The minimum atomic E-state index is -0.288. The van der Waals surface area contributed by atoms with Gasteiger partial charge in [0, 0.05) is 17.7 Å². The monoisotopic (exact) mass is 241 g/mol. The van der Waals surface area contributed by atoms with E-state index in [0.29, 0.717) is 6.61 Å². The smallest absolute Gasteiger partial charge is 0.253 e. The molecule has 3 heteroatoms. The van der Waals surface area contributed by atoms with Gasteiger partial charge in [0.25, 0.3) is 5.91 Å². The predicted octanol–water partition coefficient (Wildman–Crippen LogP) is 2.96. The van der Waals surface area contributed by atoms with Crippen molar-refractivity contribution < 1.29 is 9.53 Å². The van der Waals surface area contributed by atoms with Crippen LogP contribution >= 0.6 is 0 Å². The van der Waals surface area contributed by atoms with Crippen molar-refractivity contribution in [3.05, 3.63) is 42.5 Å². The molecule has 1 saturated heterocycles. The lowest BCUT2D eigenvalue weighted by Gasteiger charge is -2.12. The molecule has 0 saturated carbocycles. The molecule has 3 nitrogen and oxygen atoms in total. The number of benzene rings is 2. The second kappa shape index (κ2) is 4.78. The fraction of sp³-hybridized carbons (Fsp3) is 0.267. The zero-order valence-electron chi connectivity index (χ0n) is 10.1. The highest BCUT2D eigenvalue weighted by Crippen LogP contribution is 2.24. The number of nitrogens with one attached hydrogen (secondary N) is 1. The lowest BCUT2D eigenvalue weighted by Crippen LogP contribution is -2.26. The molecule has 0 aliphatic carbocycles. The van der Waals surface area contributed by atoms with E-state index in [1.54, 1.807) is 0 Å². The maximum atomic E-state index is 12.0. The summed E-state index contributed by atoms with van der Waals surface area (Å²) in [5, 5.41) is 5.15. The Morgan fingerprint density at radius 2 is 2.00 bits per heavy atom. The summed E-state index contributed by atoms with van der Waals surface area (Å²) in [4.78, 5) is 12.0. The molecule has 1 amide bonds. The molecule has 0 unspecified atom stereocenters. The van der Waals surface area contributed by atoms with Gasteiger partial charge in [0.15, 0.2) is 0 Å². The largest absolute Gasteiger partial charge is 0.368 e. The van der Waals surface area contributed by atoms with Crippen LogP contribution in [-0.2, 0) is 9.53 Å². The Labute approximate surface area is 106 Å². The van der Waals surface area contributed by atoms with Crippen molar-refractivity contribution >= 4 is 22.4 Å². The number of hydrogen-bond donors (Lipinski definition) is 1. The van der Waals surface area contributed by atoms with Gasteiger partial charge in [-0.15, -0.1) is 0 Å². The molecule has 0 aromatic heterocycles. The van der Waals surface area contributed by atoms with Crippen molar-refractivity contribution in [1.82, 2.24) is 0 Å². The van der Waals surface area contributed by atoms with Crippen LogP contribution in [0.25, 0.3) is 10.8 Å². The molecule has 0 spiro atoms. The first-order valence-electron chi connectivity index (χ1n) is 6.25. The van der Waals surface area contributed by atoms with Crippen LogP contribution in [0.15, 0.2) is 42.5 Å². The molecular formula is C15H15NO2. The first-order valence-corrected chi connectivity index (χ1v) is 6.25. The summed E-state index contributed by atoms with van der Waals surface area (Å²) in [6.07, 6.45) is 1.49. The average molecular weight is 241 g/mol. The normalized spacial score (nSPS) is 19.0. The summed E-state index contributed by atoms with van der Waals surface area (Å²) in [5.41, 5.74) is 0.855. The number of hydrogen-bond acceptors (Lipinski definition) is 2. The standard InChI is InChI=1S/C15H15NO2/c17-15(14-9-4-10-18-14)16-13-8-3-6-11-5-1-2-7-12(11)13/h1-3,5-8,14H,4,9-10H2,(H,16,17)/t14-/m1/s1. The molecule has 1 fully saturated rings. The van der Waals surface area contributed by atoms with Crippen molar-refractivity contribution in [3.8, 4) is 0 Å². The zero-order chi connectivity index (χ0) is 12.4. The third kappa shape index (κ3) is 2.09. The summed E-state index contributed by atoms with van der Waals surface area (Å²) in [7, 11) is 0. The molecule has 1 atom stereocenters. The van der Waals surface area contributed by atoms with E-state index in [1.165, 1.54) is 0 Å². The third-order valence-electron chi connectivity index (χ3n) is 3.27. The molecule has 0 radical (unpaired) electrons. The van der Waals surface area contributed by atoms with Crippen molar-refractivity contribution in [2.24, 2.45) is 0 Å². The van der Waals surface area contributed by atoms with Gasteiger partial charge in [0.1, 0.15) is 6.10 Å². The first-order chi connectivity index (χ1) is 8.84. The van der Waals surface area contributed by atoms with E-state index in [2.05, 4.69) is 5.32 Å². The number of rotatable bonds is 2. The van der Waals surface area contributed by atoms with Crippen LogP contribution in [0.4, 0.5) is 5.69 Å². The van der Waals surface area contributed by atoms with Crippen molar-refractivity contribution in [2.75, 3.05) is 11.9 Å². The number of amides is 1. The van der Waals surface area contributed by atoms with Crippen LogP contribution in [0.2, 0.25) is 0 Å². The van der Waals surface area contributed by atoms with Crippen molar-refractivity contribution in [2.45, 2.75) is 18.9 Å². The van der Waals surface area contributed by atoms with Crippen LogP contribution in [0.3, 0.4) is 0 Å². The van der Waals surface area contributed by atoms with Crippen LogP contribution in [-0.4, -0.2) is 18.6 Å². The summed E-state index contributed by atoms with van der Waals surface area (Å²) < 4.78 is 5.39. The first kappa shape index (κ1) is 11.2. The number of carbonyl (C=O) groups excluding carboxylic acids is 1. The molecule has 1 N–H and O–H groups in total. The van der Waals surface area contributed by atoms with Gasteiger partial charge in [-0.3, -0.25) is 4.79 Å². The quantitative estimate of drug-likeness (QED) is 0.877. The molecule has 0 bridgehead atoms. The highest BCUT2D eigenvalue weighted by Gasteiger charge is 2.23. The predicted molar refractivity (Wildman–Crippen MR) is 71.6 cm³/mol.